The van der Waals surface area contributed by atoms with E-state index in [9.17, 15) is 26.4 Å². The lowest BCUT2D eigenvalue weighted by Gasteiger charge is -2.12. The standard InChI is InChI=1S/C16H15F3N2O4S2/c1-21(2)15(22)26-13-8-6-11(7-9-13)20-27(23,24)14-5-3-4-12(10-14)25-16(17,18)19/h3-10,20H,1-2H3. The minimum atomic E-state index is -4.92. The lowest BCUT2D eigenvalue weighted by molar-refractivity contribution is -0.274. The Kier molecular flexibility index (Phi) is 6.26. The van der Waals surface area contributed by atoms with Crippen LogP contribution in [0.1, 0.15) is 0 Å². The summed E-state index contributed by atoms with van der Waals surface area (Å²) in [6, 6.07) is 10.0. The normalized spacial score (nSPS) is 11.7. The highest BCUT2D eigenvalue weighted by Gasteiger charge is 2.31. The average molecular weight is 420 g/mol. The summed E-state index contributed by atoms with van der Waals surface area (Å²) in [6.45, 7) is 0. The number of hydrogen-bond donors (Lipinski definition) is 1. The van der Waals surface area contributed by atoms with Gasteiger partial charge in [-0.3, -0.25) is 9.52 Å². The molecule has 0 saturated heterocycles. The molecule has 0 fully saturated rings. The number of hydrogen-bond acceptors (Lipinski definition) is 5. The van der Waals surface area contributed by atoms with Crippen molar-refractivity contribution in [2.24, 2.45) is 0 Å². The maximum atomic E-state index is 12.4. The number of ether oxygens (including phenoxy) is 1. The fourth-order valence-corrected chi connectivity index (χ4v) is 3.59. The second-order valence-corrected chi connectivity index (χ2v) is 8.12. The van der Waals surface area contributed by atoms with E-state index < -0.39 is 22.1 Å². The summed E-state index contributed by atoms with van der Waals surface area (Å²) in [6.07, 6.45) is -4.92. The molecule has 11 heteroatoms. The minimum absolute atomic E-state index is 0.190. The fraction of sp³-hybridized carbons (Fsp3) is 0.188. The molecule has 1 amide bonds. The fourth-order valence-electron chi connectivity index (χ4n) is 1.84. The van der Waals surface area contributed by atoms with Crippen LogP contribution in [0, 0.1) is 0 Å². The lowest BCUT2D eigenvalue weighted by Crippen LogP contribution is -2.18. The number of amides is 1. The summed E-state index contributed by atoms with van der Waals surface area (Å²) in [7, 11) is -0.909. The van der Waals surface area contributed by atoms with Crippen LogP contribution in [0.2, 0.25) is 0 Å². The van der Waals surface area contributed by atoms with Crippen molar-refractivity contribution in [1.29, 1.82) is 0 Å². The number of anilines is 1. The van der Waals surface area contributed by atoms with Gasteiger partial charge in [0.1, 0.15) is 5.75 Å². The van der Waals surface area contributed by atoms with Gasteiger partial charge in [0, 0.05) is 30.7 Å². The van der Waals surface area contributed by atoms with Crippen LogP contribution in [0.15, 0.2) is 58.3 Å². The first-order valence-corrected chi connectivity index (χ1v) is 9.64. The van der Waals surface area contributed by atoms with Crippen molar-refractivity contribution in [3.8, 4) is 5.75 Å². The minimum Gasteiger partial charge on any atom is -0.406 e. The number of nitrogens with zero attached hydrogens (tertiary/aromatic N) is 1. The molecule has 6 nitrogen and oxygen atoms in total. The van der Waals surface area contributed by atoms with Gasteiger partial charge in [-0.1, -0.05) is 6.07 Å². The van der Waals surface area contributed by atoms with Crippen molar-refractivity contribution in [1.82, 2.24) is 4.90 Å². The summed E-state index contributed by atoms with van der Waals surface area (Å²) in [4.78, 5) is 13.3. The van der Waals surface area contributed by atoms with Crippen LogP contribution in [0.5, 0.6) is 5.75 Å². The smallest absolute Gasteiger partial charge is 0.406 e. The third-order valence-corrected chi connectivity index (χ3v) is 5.45. The molecule has 0 aromatic heterocycles. The number of sulfonamides is 1. The van der Waals surface area contributed by atoms with Gasteiger partial charge in [0.25, 0.3) is 15.3 Å². The Morgan fingerprint density at radius 1 is 1.11 bits per heavy atom. The van der Waals surface area contributed by atoms with Crippen molar-refractivity contribution < 1.29 is 31.1 Å². The van der Waals surface area contributed by atoms with E-state index in [1.54, 1.807) is 26.2 Å². The summed E-state index contributed by atoms with van der Waals surface area (Å²) >= 11 is 0.969. The Morgan fingerprint density at radius 2 is 1.74 bits per heavy atom. The second-order valence-electron chi connectivity index (χ2n) is 5.41. The van der Waals surface area contributed by atoms with Crippen molar-refractivity contribution >= 4 is 32.7 Å². The zero-order valence-electron chi connectivity index (χ0n) is 14.1. The van der Waals surface area contributed by atoms with E-state index >= 15 is 0 Å². The van der Waals surface area contributed by atoms with E-state index in [1.165, 1.54) is 17.0 Å². The molecule has 0 aliphatic carbocycles. The van der Waals surface area contributed by atoms with E-state index in [4.69, 9.17) is 0 Å². The Bertz CT molecular complexity index is 914. The van der Waals surface area contributed by atoms with Crippen molar-refractivity contribution in [2.45, 2.75) is 16.2 Å². The maximum Gasteiger partial charge on any atom is 0.573 e. The maximum absolute atomic E-state index is 12.4. The molecule has 2 aromatic carbocycles. The third-order valence-electron chi connectivity index (χ3n) is 3.03. The molecule has 2 rings (SSSR count). The molecule has 27 heavy (non-hydrogen) atoms. The van der Waals surface area contributed by atoms with E-state index in [-0.39, 0.29) is 15.8 Å². The molecule has 146 valence electrons. The molecule has 0 spiro atoms. The van der Waals surface area contributed by atoms with E-state index in [2.05, 4.69) is 9.46 Å². The zero-order valence-corrected chi connectivity index (χ0v) is 15.8. The summed E-state index contributed by atoms with van der Waals surface area (Å²) in [5.74, 6) is -0.640. The predicted octanol–water partition coefficient (Wildman–Crippen LogP) is 4.16. The number of alkyl halides is 3. The lowest BCUT2D eigenvalue weighted by atomic mass is 10.3. The first-order valence-electron chi connectivity index (χ1n) is 7.34. The molecule has 0 atom stereocenters. The van der Waals surface area contributed by atoms with Crippen LogP contribution in [0.3, 0.4) is 0 Å². The number of benzene rings is 2. The molecule has 0 bridgehead atoms. The van der Waals surface area contributed by atoms with Gasteiger partial charge in [0.2, 0.25) is 0 Å². The predicted molar refractivity (Wildman–Crippen MR) is 95.3 cm³/mol. The van der Waals surface area contributed by atoms with Gasteiger partial charge in [0.05, 0.1) is 4.90 Å². The average Bonchev–Trinajstić information content (AvgIpc) is 2.55. The van der Waals surface area contributed by atoms with Crippen LogP contribution in [-0.4, -0.2) is 39.0 Å². The molecule has 0 heterocycles. The van der Waals surface area contributed by atoms with E-state index in [0.717, 1.165) is 36.0 Å². The van der Waals surface area contributed by atoms with Crippen LogP contribution in [0.25, 0.3) is 0 Å². The first kappa shape index (κ1) is 20.9. The Hall–Kier alpha value is -2.40. The molecule has 0 radical (unpaired) electrons. The summed E-state index contributed by atoms with van der Waals surface area (Å²) in [5, 5.41) is -0.190. The van der Waals surface area contributed by atoms with Gasteiger partial charge < -0.3 is 9.64 Å². The van der Waals surface area contributed by atoms with Gasteiger partial charge >= 0.3 is 6.36 Å². The SMILES string of the molecule is CN(C)C(=O)Sc1ccc(NS(=O)(=O)c2cccc(OC(F)(F)F)c2)cc1. The molecule has 0 aliphatic heterocycles. The Morgan fingerprint density at radius 3 is 2.30 bits per heavy atom. The number of carbonyl (C=O) groups excluding carboxylic acids is 1. The van der Waals surface area contributed by atoms with Gasteiger partial charge in [-0.25, -0.2) is 8.42 Å². The molecule has 0 saturated carbocycles. The third kappa shape index (κ3) is 6.36. The summed E-state index contributed by atoms with van der Waals surface area (Å²) in [5.41, 5.74) is 0.193. The first-order chi connectivity index (χ1) is 12.5. The molecule has 0 unspecified atom stereocenters. The number of halogens is 3. The summed E-state index contributed by atoms with van der Waals surface area (Å²) < 4.78 is 67.5. The molecule has 2 aromatic rings. The van der Waals surface area contributed by atoms with Crippen LogP contribution >= 0.6 is 11.8 Å². The molecular weight excluding hydrogens is 405 g/mol. The Balaban J connectivity index is 2.14. The zero-order chi connectivity index (χ0) is 20.2. The van der Waals surface area contributed by atoms with Crippen LogP contribution in [0.4, 0.5) is 23.7 Å². The molecule has 0 aliphatic rings. The van der Waals surface area contributed by atoms with Crippen LogP contribution in [-0.2, 0) is 10.0 Å². The highest BCUT2D eigenvalue weighted by molar-refractivity contribution is 8.13. The molecule has 1 N–H and O–H groups in total. The largest absolute Gasteiger partial charge is 0.573 e. The van der Waals surface area contributed by atoms with Gasteiger partial charge in [-0.05, 0) is 48.2 Å². The van der Waals surface area contributed by atoms with Crippen molar-refractivity contribution in [3.05, 3.63) is 48.5 Å². The number of thioether (sulfide) groups is 1. The van der Waals surface area contributed by atoms with Crippen molar-refractivity contribution in [3.63, 3.8) is 0 Å². The monoisotopic (exact) mass is 420 g/mol. The number of nitrogens with one attached hydrogen (secondary N) is 1. The Labute approximate surface area is 158 Å². The quantitative estimate of drug-likeness (QED) is 0.735. The second kappa shape index (κ2) is 8.09. The van der Waals surface area contributed by atoms with Gasteiger partial charge in [-0.2, -0.15) is 0 Å². The highest BCUT2D eigenvalue weighted by Crippen LogP contribution is 2.27. The highest BCUT2D eigenvalue weighted by atomic mass is 32.2. The van der Waals surface area contributed by atoms with E-state index in [1.807, 2.05) is 0 Å². The topological polar surface area (TPSA) is 75.7 Å². The van der Waals surface area contributed by atoms with Crippen LogP contribution < -0.4 is 9.46 Å². The molecular formula is C16H15F3N2O4S2. The van der Waals surface area contributed by atoms with E-state index in [0.29, 0.717) is 4.90 Å². The number of rotatable bonds is 5. The van der Waals surface area contributed by atoms with Gasteiger partial charge in [-0.15, -0.1) is 13.2 Å². The van der Waals surface area contributed by atoms with Crippen molar-refractivity contribution in [2.75, 3.05) is 18.8 Å². The number of carbonyl (C=O) groups is 1. The van der Waals surface area contributed by atoms with Gasteiger partial charge in [0.15, 0.2) is 0 Å².